The quantitative estimate of drug-likeness (QED) is 0.177. The molecule has 11 rings (SSSR count). The minimum absolute atomic E-state index is 0.208. The van der Waals surface area contributed by atoms with E-state index in [1.54, 1.807) is 0 Å². The molecule has 0 fully saturated rings. The lowest BCUT2D eigenvalue weighted by Gasteiger charge is -2.57. The number of nitrogens with zero attached hydrogens (tertiary/aromatic N) is 1. The number of anilines is 2. The second-order valence-electron chi connectivity index (χ2n) is 15.4. The number of fused-ring (bicyclic) bond motifs is 8. The fourth-order valence-corrected chi connectivity index (χ4v) is 10.3. The summed E-state index contributed by atoms with van der Waals surface area (Å²) in [6.45, 7) is 9.67. The first-order valence-electron chi connectivity index (χ1n) is 18.1. The maximum atomic E-state index is 6.51. The number of hydrogen-bond acceptors (Lipinski definition) is 3. The normalized spacial score (nSPS) is 25.1. The molecule has 0 amide bonds. The molecule has 246 valence electrons. The van der Waals surface area contributed by atoms with Crippen LogP contribution in [0.5, 0.6) is 0 Å². The van der Waals surface area contributed by atoms with E-state index in [0.29, 0.717) is 0 Å². The summed E-state index contributed by atoms with van der Waals surface area (Å²) >= 11 is 0. The summed E-state index contributed by atoms with van der Waals surface area (Å²) in [6.07, 6.45) is 9.93. The maximum Gasteiger partial charge on any atom is 0.137 e. The van der Waals surface area contributed by atoms with Crippen LogP contribution in [0.25, 0.3) is 54.6 Å². The zero-order chi connectivity index (χ0) is 34.3. The third-order valence-corrected chi connectivity index (χ3v) is 12.5. The smallest absolute Gasteiger partial charge is 0.137 e. The molecule has 4 atom stereocenters. The largest absolute Gasteiger partial charge is 0.456 e. The number of furan rings is 2. The molecule has 4 unspecified atom stereocenters. The molecule has 3 aliphatic rings. The monoisotopic (exact) mass is 659 g/mol. The highest BCUT2D eigenvalue weighted by Crippen LogP contribution is 2.62. The molecule has 0 bridgehead atoms. The van der Waals surface area contributed by atoms with Gasteiger partial charge in [-0.2, -0.15) is 0 Å². The lowest BCUT2D eigenvalue weighted by molar-refractivity contribution is 0.453. The summed E-state index contributed by atoms with van der Waals surface area (Å²) in [6, 6.07) is 43.8. The van der Waals surface area contributed by atoms with Gasteiger partial charge in [0.05, 0.1) is 5.54 Å². The summed E-state index contributed by atoms with van der Waals surface area (Å²) in [7, 11) is 0. The second-order valence-corrected chi connectivity index (χ2v) is 15.4. The number of allylic oxidation sites excluding steroid dienone is 4. The number of rotatable bonds is 3. The van der Waals surface area contributed by atoms with Gasteiger partial charge in [-0.25, -0.2) is 0 Å². The minimum Gasteiger partial charge on any atom is -0.456 e. The Morgan fingerprint density at radius 1 is 0.529 bits per heavy atom. The number of para-hydroxylation sites is 2. The van der Waals surface area contributed by atoms with E-state index in [-0.39, 0.29) is 16.7 Å². The average molecular weight is 660 g/mol. The van der Waals surface area contributed by atoms with Crippen molar-refractivity contribution in [3.8, 4) is 0 Å². The van der Waals surface area contributed by atoms with Crippen molar-refractivity contribution in [3.05, 3.63) is 168 Å². The van der Waals surface area contributed by atoms with Crippen LogP contribution in [0, 0.1) is 5.92 Å². The molecule has 0 radical (unpaired) electrons. The van der Waals surface area contributed by atoms with Crippen molar-refractivity contribution in [2.75, 3.05) is 4.90 Å². The van der Waals surface area contributed by atoms with Crippen LogP contribution >= 0.6 is 0 Å². The topological polar surface area (TPSA) is 29.5 Å². The Kier molecular flexibility index (Phi) is 5.51. The molecular formula is C48H37NO2. The molecule has 51 heavy (non-hydrogen) atoms. The van der Waals surface area contributed by atoms with Gasteiger partial charge in [0.1, 0.15) is 22.3 Å². The molecule has 3 heteroatoms. The maximum absolute atomic E-state index is 6.51. The van der Waals surface area contributed by atoms with Crippen LogP contribution in [0.15, 0.2) is 166 Å². The van der Waals surface area contributed by atoms with Gasteiger partial charge < -0.3 is 13.7 Å². The molecular weight excluding hydrogens is 623 g/mol. The van der Waals surface area contributed by atoms with Crippen molar-refractivity contribution >= 4 is 66.0 Å². The Bertz CT molecular complexity index is 2740. The summed E-state index contributed by atoms with van der Waals surface area (Å²) in [5.74, 6) is 0.208. The molecule has 2 heterocycles. The number of benzene rings is 6. The van der Waals surface area contributed by atoms with Gasteiger partial charge in [0.25, 0.3) is 0 Å². The Labute approximate surface area is 296 Å². The highest BCUT2D eigenvalue weighted by atomic mass is 16.3. The van der Waals surface area contributed by atoms with Crippen LogP contribution < -0.4 is 4.90 Å². The van der Waals surface area contributed by atoms with E-state index in [1.807, 2.05) is 12.1 Å². The lowest BCUT2D eigenvalue weighted by atomic mass is 9.49. The first kappa shape index (κ1) is 29.0. The third-order valence-electron chi connectivity index (χ3n) is 12.5. The summed E-state index contributed by atoms with van der Waals surface area (Å²) < 4.78 is 13.0. The summed E-state index contributed by atoms with van der Waals surface area (Å²) in [5.41, 5.74) is 10.4. The Hall–Kier alpha value is -5.80. The highest BCUT2D eigenvalue weighted by molar-refractivity contribution is 6.07. The van der Waals surface area contributed by atoms with Crippen LogP contribution in [0.2, 0.25) is 0 Å². The molecule has 6 aromatic carbocycles. The first-order chi connectivity index (χ1) is 24.8. The van der Waals surface area contributed by atoms with Crippen LogP contribution in [0.1, 0.15) is 38.8 Å². The van der Waals surface area contributed by atoms with Crippen molar-refractivity contribution in [1.29, 1.82) is 0 Å². The Morgan fingerprint density at radius 2 is 1.06 bits per heavy atom. The number of hydrogen-bond donors (Lipinski definition) is 0. The van der Waals surface area contributed by atoms with Gasteiger partial charge in [0, 0.05) is 55.9 Å². The molecule has 0 saturated heterocycles. The average Bonchev–Trinajstić information content (AvgIpc) is 3.71. The summed E-state index contributed by atoms with van der Waals surface area (Å²) in [4.78, 5) is 2.53. The highest BCUT2D eigenvalue weighted by Gasteiger charge is 2.55. The molecule has 2 aromatic heterocycles. The van der Waals surface area contributed by atoms with E-state index in [2.05, 4.69) is 166 Å². The van der Waals surface area contributed by atoms with Gasteiger partial charge in [-0.3, -0.25) is 0 Å². The molecule has 8 aromatic rings. The molecule has 3 aliphatic carbocycles. The fourth-order valence-electron chi connectivity index (χ4n) is 10.3. The van der Waals surface area contributed by atoms with Crippen LogP contribution in [-0.2, 0) is 10.8 Å². The molecule has 0 N–H and O–H groups in total. The van der Waals surface area contributed by atoms with Crippen molar-refractivity contribution in [1.82, 2.24) is 0 Å². The van der Waals surface area contributed by atoms with E-state index in [1.165, 1.54) is 33.0 Å². The van der Waals surface area contributed by atoms with Gasteiger partial charge in [0.2, 0.25) is 0 Å². The third kappa shape index (κ3) is 3.63. The molecule has 0 spiro atoms. The molecule has 0 aliphatic heterocycles. The lowest BCUT2D eigenvalue weighted by Crippen LogP contribution is -2.54. The van der Waals surface area contributed by atoms with E-state index < -0.39 is 5.54 Å². The van der Waals surface area contributed by atoms with Crippen LogP contribution in [0.3, 0.4) is 0 Å². The van der Waals surface area contributed by atoms with Gasteiger partial charge in [-0.05, 0) is 96.1 Å². The van der Waals surface area contributed by atoms with Crippen molar-refractivity contribution < 1.29 is 8.83 Å². The standard InChI is InChI=1S/C48H37NO2/c1-29-23-24-46(2)37-15-9-11-30-12-10-16-38(43(30)37)47(3)25-26-48(4,44(29)45(46)47)49(31-19-21-35-33-13-5-7-17-39(33)50-41(35)27-31)32-20-22-36-34-14-6-8-18-40(34)51-42(36)28-32/h5-29H,1-4H3. The van der Waals surface area contributed by atoms with Crippen molar-refractivity contribution in [2.45, 2.75) is 44.1 Å². The molecule has 3 nitrogen and oxygen atoms in total. The van der Waals surface area contributed by atoms with Gasteiger partial charge in [0.15, 0.2) is 0 Å². The zero-order valence-corrected chi connectivity index (χ0v) is 29.2. The van der Waals surface area contributed by atoms with Gasteiger partial charge in [-0.1, -0.05) is 104 Å². The van der Waals surface area contributed by atoms with Crippen molar-refractivity contribution in [2.24, 2.45) is 5.92 Å². The fraction of sp³-hybridized carbons (Fsp3) is 0.167. The predicted molar refractivity (Wildman–Crippen MR) is 211 cm³/mol. The molecule has 0 saturated carbocycles. The van der Waals surface area contributed by atoms with Gasteiger partial charge in [-0.15, -0.1) is 0 Å². The Morgan fingerprint density at radius 3 is 1.65 bits per heavy atom. The van der Waals surface area contributed by atoms with E-state index in [9.17, 15) is 0 Å². The zero-order valence-electron chi connectivity index (χ0n) is 29.2. The summed E-state index contributed by atoms with van der Waals surface area (Å²) in [5, 5.41) is 7.22. The van der Waals surface area contributed by atoms with E-state index in [4.69, 9.17) is 8.83 Å². The predicted octanol–water partition coefficient (Wildman–Crippen LogP) is 12.8. The minimum atomic E-state index is -0.528. The SMILES string of the molecule is CC1C=CC2(C)C3=C1C(C)(N(c1ccc4c(c1)oc1ccccc14)c1ccc4c(c1)oc1ccccc14)C=CC3(C)c1cccc3cccc2c13. The van der Waals surface area contributed by atoms with Crippen LogP contribution in [0.4, 0.5) is 11.4 Å². The first-order valence-corrected chi connectivity index (χ1v) is 18.1. The van der Waals surface area contributed by atoms with Crippen molar-refractivity contribution in [3.63, 3.8) is 0 Å². The Balaban J connectivity index is 1.21. The van der Waals surface area contributed by atoms with E-state index >= 15 is 0 Å². The van der Waals surface area contributed by atoms with E-state index in [0.717, 1.165) is 55.3 Å². The van der Waals surface area contributed by atoms with Gasteiger partial charge >= 0.3 is 0 Å². The van der Waals surface area contributed by atoms with Crippen LogP contribution in [-0.4, -0.2) is 5.54 Å². The second kappa shape index (κ2) is 9.70.